The molecule has 9 aliphatic rings. The summed E-state index contributed by atoms with van der Waals surface area (Å²) in [6, 6.07) is 0. The summed E-state index contributed by atoms with van der Waals surface area (Å²) < 4.78 is 73.2. The van der Waals surface area contributed by atoms with Gasteiger partial charge in [0.1, 0.15) is 0 Å². The minimum Gasteiger partial charge on any atom is -0.350 e. The molecule has 0 spiro atoms. The Kier molecular flexibility index (Phi) is 12.4. The lowest BCUT2D eigenvalue weighted by Crippen LogP contribution is -2.58. The maximum absolute atomic E-state index is 6.27. The van der Waals surface area contributed by atoms with Crippen LogP contribution in [0.5, 0.6) is 0 Å². The predicted octanol–water partition coefficient (Wildman–Crippen LogP) is -2.22. The number of hydrogen-bond donors (Lipinski definition) is 0. The van der Waals surface area contributed by atoms with Gasteiger partial charge in [-0.25, -0.2) is 0 Å². The van der Waals surface area contributed by atoms with Crippen molar-refractivity contribution < 1.29 is 53.1 Å². The van der Waals surface area contributed by atoms with Crippen LogP contribution >= 0.6 is 0 Å². The van der Waals surface area contributed by atoms with Gasteiger partial charge in [0.2, 0.25) is 0 Å². The molecule has 0 aliphatic carbocycles. The summed E-state index contributed by atoms with van der Waals surface area (Å²) in [5.74, 6) is 0. The Morgan fingerprint density at radius 2 is 0.581 bits per heavy atom. The fourth-order valence-corrected chi connectivity index (χ4v) is 11.3. The van der Waals surface area contributed by atoms with Gasteiger partial charge >= 0.3 is 27.1 Å². The van der Waals surface area contributed by atoms with Crippen LogP contribution in [0.2, 0.25) is 0 Å². The van der Waals surface area contributed by atoms with Crippen LogP contribution in [0.1, 0.15) is 0 Å². The Morgan fingerprint density at radius 3 is 0.791 bits per heavy atom. The molecule has 0 N–H and O–H groups in total. The highest BCUT2D eigenvalue weighted by molar-refractivity contribution is 6.54. The van der Waals surface area contributed by atoms with E-state index in [2.05, 4.69) is 19.6 Å². The summed E-state index contributed by atoms with van der Waals surface area (Å²) >= 11 is 0. The lowest BCUT2D eigenvalue weighted by molar-refractivity contribution is -0.0829. The van der Waals surface area contributed by atoms with Gasteiger partial charge in [0.25, 0.3) is 0 Å². The zero-order valence-corrected chi connectivity index (χ0v) is 28.2. The Bertz CT molecular complexity index is 675. The molecule has 0 aromatic rings. The molecule has 0 aromatic carbocycles. The van der Waals surface area contributed by atoms with Crippen LogP contribution in [-0.4, -0.2) is 205 Å². The molecular formula is C24H48N4O12Si3. The van der Waals surface area contributed by atoms with E-state index in [1.165, 1.54) is 0 Å². The monoisotopic (exact) mass is 668 g/mol. The normalized spacial score (nSPS) is 39.1. The summed E-state index contributed by atoms with van der Waals surface area (Å²) in [4.78, 5) is 9.05. The van der Waals surface area contributed by atoms with Gasteiger partial charge in [-0.3, -0.25) is 19.6 Å². The van der Waals surface area contributed by atoms with E-state index in [1.54, 1.807) is 0 Å². The third kappa shape index (κ3) is 9.53. The summed E-state index contributed by atoms with van der Waals surface area (Å²) in [6.45, 7) is 15.4. The maximum Gasteiger partial charge on any atom is 0.679 e. The molecule has 0 unspecified atom stereocenters. The van der Waals surface area contributed by atoms with Crippen LogP contribution in [-0.2, 0) is 53.1 Å². The highest BCUT2D eigenvalue weighted by atomic mass is 28.4. The minimum atomic E-state index is -3.20. The van der Waals surface area contributed by atoms with Gasteiger partial charge < -0.3 is 53.1 Å². The topological polar surface area (TPSA) is 124 Å². The molecule has 248 valence electrons. The van der Waals surface area contributed by atoms with Crippen molar-refractivity contribution in [1.82, 2.24) is 19.6 Å². The van der Waals surface area contributed by atoms with Gasteiger partial charge in [0.15, 0.2) is 0 Å². The number of rotatable bonds is 12. The molecule has 0 radical (unpaired) electrons. The SMILES string of the molecule is C(CN(CCO[Si]12OCCN(CCO1)CCO2)CCO[Si]12OCCN(CCO1)CCO2)O[Si]12OCCN(CCO1)CCO2. The second-order valence-corrected chi connectivity index (χ2v) is 17.5. The van der Waals surface area contributed by atoms with Crippen molar-refractivity contribution in [3.05, 3.63) is 0 Å². The molecule has 9 fully saturated rings. The van der Waals surface area contributed by atoms with Gasteiger partial charge in [-0.2, -0.15) is 0 Å². The third-order valence-corrected chi connectivity index (χ3v) is 14.9. The zero-order chi connectivity index (χ0) is 29.3. The fourth-order valence-electron chi connectivity index (χ4n) is 5.69. The van der Waals surface area contributed by atoms with E-state index >= 15 is 0 Å². The van der Waals surface area contributed by atoms with Crippen molar-refractivity contribution in [3.8, 4) is 0 Å². The minimum absolute atomic E-state index is 0.375. The van der Waals surface area contributed by atoms with Crippen LogP contribution in [0.15, 0.2) is 0 Å². The van der Waals surface area contributed by atoms with Crippen molar-refractivity contribution >= 4 is 27.1 Å². The Labute approximate surface area is 257 Å². The van der Waals surface area contributed by atoms with E-state index in [0.29, 0.717) is 98.9 Å². The highest BCUT2D eigenvalue weighted by Gasteiger charge is 2.50. The van der Waals surface area contributed by atoms with Gasteiger partial charge in [0.05, 0.1) is 79.3 Å². The average Bonchev–Trinajstić information content (AvgIpc) is 2.89. The molecule has 16 nitrogen and oxygen atoms in total. The van der Waals surface area contributed by atoms with Crippen LogP contribution in [0.25, 0.3) is 0 Å². The third-order valence-electron chi connectivity index (χ3n) is 8.24. The predicted molar refractivity (Wildman–Crippen MR) is 154 cm³/mol. The van der Waals surface area contributed by atoms with E-state index in [1.807, 2.05) is 0 Å². The summed E-state index contributed by atoms with van der Waals surface area (Å²) in [7, 11) is -9.59. The lowest BCUT2D eigenvalue weighted by Gasteiger charge is -2.38. The van der Waals surface area contributed by atoms with Crippen LogP contribution in [0, 0.1) is 0 Å². The Balaban J connectivity index is 1.04. The van der Waals surface area contributed by atoms with Crippen molar-refractivity contribution in [2.45, 2.75) is 0 Å². The number of fused-ring (bicyclic) bond motifs is 18. The molecular weight excluding hydrogens is 621 g/mol. The second-order valence-electron chi connectivity index (χ2n) is 11.0. The molecule has 43 heavy (non-hydrogen) atoms. The van der Waals surface area contributed by atoms with E-state index < -0.39 is 27.1 Å². The molecule has 0 amide bonds. The highest BCUT2D eigenvalue weighted by Crippen LogP contribution is 2.20. The van der Waals surface area contributed by atoms with Crippen LogP contribution in [0.4, 0.5) is 0 Å². The molecule has 9 rings (SSSR count). The first-order valence-corrected chi connectivity index (χ1v) is 20.6. The molecule has 0 saturated carbocycles. The summed E-state index contributed by atoms with van der Waals surface area (Å²) in [5, 5.41) is 0. The zero-order valence-electron chi connectivity index (χ0n) is 25.2. The molecule has 0 atom stereocenters. The number of hydrogen-bond acceptors (Lipinski definition) is 16. The first-order valence-electron chi connectivity index (χ1n) is 15.7. The number of nitrogens with zero attached hydrogens (tertiary/aromatic N) is 4. The Hall–Kier alpha value is 0.0106. The molecule has 6 bridgehead atoms. The van der Waals surface area contributed by atoms with E-state index in [0.717, 1.165) is 58.9 Å². The van der Waals surface area contributed by atoms with Gasteiger partial charge in [-0.1, -0.05) is 0 Å². The summed E-state index contributed by atoms with van der Waals surface area (Å²) in [6.07, 6.45) is 0. The molecule has 9 heterocycles. The largest absolute Gasteiger partial charge is 0.679 e. The van der Waals surface area contributed by atoms with Crippen molar-refractivity contribution in [2.75, 3.05) is 158 Å². The second kappa shape index (κ2) is 16.2. The maximum atomic E-state index is 6.27. The molecule has 9 aliphatic heterocycles. The van der Waals surface area contributed by atoms with Gasteiger partial charge in [-0.15, -0.1) is 0 Å². The fraction of sp³-hybridized carbons (Fsp3) is 1.00. The quantitative estimate of drug-likeness (QED) is 0.209. The first kappa shape index (κ1) is 32.9. The first-order chi connectivity index (χ1) is 21.1. The van der Waals surface area contributed by atoms with E-state index in [4.69, 9.17) is 53.1 Å². The van der Waals surface area contributed by atoms with Crippen LogP contribution < -0.4 is 0 Å². The lowest BCUT2D eigenvalue weighted by atomic mass is 10.4. The smallest absolute Gasteiger partial charge is 0.350 e. The van der Waals surface area contributed by atoms with Crippen molar-refractivity contribution in [3.63, 3.8) is 0 Å². The molecule has 0 aromatic heterocycles. The van der Waals surface area contributed by atoms with Crippen molar-refractivity contribution in [1.29, 1.82) is 0 Å². The molecule has 9 saturated heterocycles. The summed E-state index contributed by atoms with van der Waals surface area (Å²) in [5.41, 5.74) is 0. The van der Waals surface area contributed by atoms with Gasteiger partial charge in [0, 0.05) is 78.5 Å². The van der Waals surface area contributed by atoms with E-state index in [-0.39, 0.29) is 0 Å². The van der Waals surface area contributed by atoms with Crippen LogP contribution in [0.3, 0.4) is 0 Å². The molecule has 19 heteroatoms. The average molecular weight is 669 g/mol. The van der Waals surface area contributed by atoms with Gasteiger partial charge in [-0.05, 0) is 0 Å². The van der Waals surface area contributed by atoms with E-state index in [9.17, 15) is 0 Å². The Morgan fingerprint density at radius 1 is 0.372 bits per heavy atom. The standard InChI is InChI=1S/C24H48N4O12Si3/c1-13-29-41(30-14-2-25(1)3-15-31-41)38-22-10-28(11-23-39-42-32-16-4-26(5-17-33-42)6-18-34-42)12-24-40-43-35-19-7-27(8-20-36-43)9-21-37-43/h1-24H2. The van der Waals surface area contributed by atoms with Crippen molar-refractivity contribution in [2.24, 2.45) is 0 Å².